The van der Waals surface area contributed by atoms with Crippen LogP contribution >= 0.6 is 11.3 Å². The fourth-order valence-electron chi connectivity index (χ4n) is 1.79. The first kappa shape index (κ1) is 22.3. The van der Waals surface area contributed by atoms with Crippen molar-refractivity contribution in [2.45, 2.75) is 56.3 Å². The molecule has 0 amide bonds. The maximum Gasteiger partial charge on any atom is 0.445 e. The van der Waals surface area contributed by atoms with Crippen molar-refractivity contribution in [2.24, 2.45) is 0 Å². The Morgan fingerprint density at radius 3 is 1.96 bits per heavy atom. The van der Waals surface area contributed by atoms with Crippen LogP contribution in [0, 0.1) is 0 Å². The van der Waals surface area contributed by atoms with Crippen LogP contribution in [0.4, 0.5) is 22.0 Å². The molecule has 0 radical (unpaired) electrons. The van der Waals surface area contributed by atoms with Gasteiger partial charge in [0.1, 0.15) is 4.21 Å². The number of hydrogen-bond acceptors (Lipinski definition) is 3. The molecule has 0 spiro atoms. The number of nitrogens with one attached hydrogen (secondary N) is 1. The standard InChI is InChI=1S/C14H20F5NO2S2Si/c1-13(2,3)20-24(21,22)12-8(7-9(23-12)25(4,5)6)10(15)11(16)14(17,18)19/h7,20H,1-6H3. The number of rotatable bonds is 4. The maximum absolute atomic E-state index is 14.2. The zero-order valence-corrected chi connectivity index (χ0v) is 17.2. The zero-order chi connectivity index (χ0) is 20.0. The van der Waals surface area contributed by atoms with Crippen LogP contribution in [-0.4, -0.2) is 28.2 Å². The number of allylic oxidation sites excluding steroid dienone is 1. The van der Waals surface area contributed by atoms with Crippen LogP contribution in [-0.2, 0) is 10.0 Å². The van der Waals surface area contributed by atoms with Crippen molar-refractivity contribution in [3.63, 3.8) is 0 Å². The van der Waals surface area contributed by atoms with Gasteiger partial charge in [0.15, 0.2) is 5.83 Å². The average molecular weight is 422 g/mol. The molecule has 0 saturated heterocycles. The summed E-state index contributed by atoms with van der Waals surface area (Å²) < 4.78 is 92.1. The molecule has 0 aliphatic rings. The second-order valence-corrected chi connectivity index (χ2v) is 15.9. The molecule has 0 aliphatic heterocycles. The van der Waals surface area contributed by atoms with Gasteiger partial charge >= 0.3 is 6.18 Å². The summed E-state index contributed by atoms with van der Waals surface area (Å²) in [5.74, 6) is -5.16. The van der Waals surface area contributed by atoms with E-state index < -0.39 is 51.2 Å². The summed E-state index contributed by atoms with van der Waals surface area (Å²) in [4.78, 5) is 0. The van der Waals surface area contributed by atoms with E-state index in [0.29, 0.717) is 15.8 Å². The topological polar surface area (TPSA) is 46.2 Å². The minimum atomic E-state index is -5.54. The molecule has 0 saturated carbocycles. The molecule has 0 unspecified atom stereocenters. The summed E-state index contributed by atoms with van der Waals surface area (Å²) in [6.07, 6.45) is -5.54. The van der Waals surface area contributed by atoms with E-state index in [-0.39, 0.29) is 0 Å². The minimum Gasteiger partial charge on any atom is -0.206 e. The second-order valence-electron chi connectivity index (χ2n) is 7.54. The molecule has 144 valence electrons. The summed E-state index contributed by atoms with van der Waals surface area (Å²) in [7, 11) is -6.50. The summed E-state index contributed by atoms with van der Waals surface area (Å²) >= 11 is 0.674. The molecule has 0 atom stereocenters. The Balaban J connectivity index is 3.72. The molecule has 1 rings (SSSR count). The van der Waals surface area contributed by atoms with E-state index in [4.69, 9.17) is 0 Å². The highest BCUT2D eigenvalue weighted by molar-refractivity contribution is 7.92. The molecule has 0 aromatic carbocycles. The molecule has 11 heteroatoms. The molecule has 25 heavy (non-hydrogen) atoms. The van der Waals surface area contributed by atoms with Gasteiger partial charge in [-0.15, -0.1) is 11.3 Å². The third-order valence-electron chi connectivity index (χ3n) is 2.80. The van der Waals surface area contributed by atoms with Crippen LogP contribution in [0.3, 0.4) is 0 Å². The lowest BCUT2D eigenvalue weighted by molar-refractivity contribution is -0.108. The number of thiophene rings is 1. The van der Waals surface area contributed by atoms with E-state index in [1.54, 1.807) is 0 Å². The molecule has 3 nitrogen and oxygen atoms in total. The lowest BCUT2D eigenvalue weighted by Crippen LogP contribution is -2.40. The Kier molecular flexibility index (Phi) is 6.01. The van der Waals surface area contributed by atoms with Crippen molar-refractivity contribution in [1.29, 1.82) is 0 Å². The van der Waals surface area contributed by atoms with Gasteiger partial charge in [-0.25, -0.2) is 17.5 Å². The Bertz CT molecular complexity index is 784. The van der Waals surface area contributed by atoms with Gasteiger partial charge < -0.3 is 0 Å². The zero-order valence-electron chi connectivity index (χ0n) is 14.6. The molecule has 1 aromatic heterocycles. The highest BCUT2D eigenvalue weighted by Gasteiger charge is 2.41. The van der Waals surface area contributed by atoms with E-state index in [1.807, 2.05) is 19.6 Å². The number of sulfonamides is 1. The van der Waals surface area contributed by atoms with Gasteiger partial charge in [-0.2, -0.15) is 17.6 Å². The quantitative estimate of drug-likeness (QED) is 0.573. The minimum absolute atomic E-state index is 0.446. The fourth-order valence-corrected chi connectivity index (χ4v) is 6.92. The van der Waals surface area contributed by atoms with Gasteiger partial charge in [-0.3, -0.25) is 0 Å². The van der Waals surface area contributed by atoms with E-state index >= 15 is 0 Å². The molecule has 1 aromatic rings. The predicted octanol–water partition coefficient (Wildman–Crippen LogP) is 4.54. The van der Waals surface area contributed by atoms with Crippen molar-refractivity contribution >= 4 is 39.8 Å². The molecule has 1 N–H and O–H groups in total. The smallest absolute Gasteiger partial charge is 0.206 e. The Labute approximate surface area is 149 Å². The van der Waals surface area contributed by atoms with Crippen molar-refractivity contribution in [3.05, 3.63) is 17.5 Å². The van der Waals surface area contributed by atoms with Crippen LogP contribution in [0.1, 0.15) is 26.3 Å². The normalized spacial score (nSPS) is 15.3. The molecule has 0 aliphatic carbocycles. The van der Waals surface area contributed by atoms with Crippen molar-refractivity contribution in [3.8, 4) is 0 Å². The molecule has 0 fully saturated rings. The van der Waals surface area contributed by atoms with Gasteiger partial charge in [0, 0.05) is 11.1 Å². The monoisotopic (exact) mass is 421 g/mol. The number of alkyl halides is 3. The highest BCUT2D eigenvalue weighted by Crippen LogP contribution is 2.38. The van der Waals surface area contributed by atoms with Gasteiger partial charge in [0.25, 0.3) is 10.0 Å². The van der Waals surface area contributed by atoms with E-state index in [9.17, 15) is 30.4 Å². The molecular weight excluding hydrogens is 401 g/mol. The predicted molar refractivity (Wildman–Crippen MR) is 92.6 cm³/mol. The first-order valence-electron chi connectivity index (χ1n) is 7.17. The Morgan fingerprint density at radius 1 is 1.12 bits per heavy atom. The summed E-state index contributed by atoms with van der Waals surface area (Å²) in [5.41, 5.74) is -1.84. The third kappa shape index (κ3) is 5.60. The third-order valence-corrected chi connectivity index (χ3v) is 9.81. The highest BCUT2D eigenvalue weighted by atomic mass is 32.2. The SMILES string of the molecule is CC(C)(C)NS(=O)(=O)c1sc([Si](C)(C)C)cc1C(F)=C(F)C(F)(F)F. The van der Waals surface area contributed by atoms with Crippen LogP contribution in [0.15, 0.2) is 16.1 Å². The Hall–Kier alpha value is -0.783. The van der Waals surface area contributed by atoms with Crippen molar-refractivity contribution in [2.75, 3.05) is 0 Å². The lowest BCUT2D eigenvalue weighted by Gasteiger charge is -2.20. The van der Waals surface area contributed by atoms with Crippen LogP contribution < -0.4 is 9.22 Å². The molecular formula is C14H20F5NO2S2Si. The van der Waals surface area contributed by atoms with Gasteiger partial charge in [0.05, 0.1) is 8.07 Å². The number of halogens is 5. The van der Waals surface area contributed by atoms with Gasteiger partial charge in [-0.1, -0.05) is 19.6 Å². The van der Waals surface area contributed by atoms with Crippen LogP contribution in [0.5, 0.6) is 0 Å². The second kappa shape index (κ2) is 6.75. The summed E-state index contributed by atoms with van der Waals surface area (Å²) in [6.45, 7) is 10.0. The van der Waals surface area contributed by atoms with Gasteiger partial charge in [-0.05, 0) is 31.3 Å². The molecule has 0 bridgehead atoms. The lowest BCUT2D eigenvalue weighted by atomic mass is 10.1. The van der Waals surface area contributed by atoms with E-state index in [0.717, 1.165) is 6.07 Å². The largest absolute Gasteiger partial charge is 0.445 e. The van der Waals surface area contributed by atoms with Crippen LogP contribution in [0.2, 0.25) is 19.6 Å². The van der Waals surface area contributed by atoms with Gasteiger partial charge in [0.2, 0.25) is 5.83 Å². The van der Waals surface area contributed by atoms with Crippen LogP contribution in [0.25, 0.3) is 5.83 Å². The maximum atomic E-state index is 14.2. The first-order valence-corrected chi connectivity index (χ1v) is 13.0. The number of hydrogen-bond donors (Lipinski definition) is 1. The Morgan fingerprint density at radius 2 is 1.60 bits per heavy atom. The molecule has 1 heterocycles. The average Bonchev–Trinajstić information content (AvgIpc) is 2.78. The summed E-state index contributed by atoms with van der Waals surface area (Å²) in [5, 5.41) is 0. The summed E-state index contributed by atoms with van der Waals surface area (Å²) in [6, 6.07) is 1.01. The van der Waals surface area contributed by atoms with Crippen molar-refractivity contribution < 1.29 is 30.4 Å². The first-order chi connectivity index (χ1) is 10.9. The van der Waals surface area contributed by atoms with E-state index in [2.05, 4.69) is 4.72 Å². The fraction of sp³-hybridized carbons (Fsp3) is 0.571. The van der Waals surface area contributed by atoms with E-state index in [1.165, 1.54) is 20.8 Å². The van der Waals surface area contributed by atoms with Crippen molar-refractivity contribution in [1.82, 2.24) is 4.72 Å².